The summed E-state index contributed by atoms with van der Waals surface area (Å²) in [5.74, 6) is -0.408. The largest absolute Gasteiger partial charge is 0.321 e. The lowest BCUT2D eigenvalue weighted by Gasteiger charge is -2.09. The van der Waals surface area contributed by atoms with Crippen LogP contribution in [-0.4, -0.2) is 15.5 Å². The van der Waals surface area contributed by atoms with Gasteiger partial charge in [-0.05, 0) is 61.7 Å². The summed E-state index contributed by atoms with van der Waals surface area (Å²) in [7, 11) is 0. The van der Waals surface area contributed by atoms with E-state index in [4.69, 9.17) is 0 Å². The summed E-state index contributed by atoms with van der Waals surface area (Å²) in [5.41, 5.74) is 5.55. The van der Waals surface area contributed by atoms with Crippen LogP contribution in [0.5, 0.6) is 0 Å². The van der Waals surface area contributed by atoms with Crippen molar-refractivity contribution < 1.29 is 4.79 Å². The highest BCUT2D eigenvalue weighted by Gasteiger charge is 2.15. The van der Waals surface area contributed by atoms with Gasteiger partial charge in [-0.25, -0.2) is 0 Å². The number of nitriles is 1. The van der Waals surface area contributed by atoms with Crippen molar-refractivity contribution in [2.45, 2.75) is 27.2 Å². The Labute approximate surface area is 165 Å². The Morgan fingerprint density at radius 1 is 1.25 bits per heavy atom. The van der Waals surface area contributed by atoms with E-state index in [2.05, 4.69) is 14.9 Å². The molecule has 0 aliphatic rings. The summed E-state index contributed by atoms with van der Waals surface area (Å²) in [5, 5.41) is 12.4. The fourth-order valence-electron chi connectivity index (χ4n) is 3.26. The third-order valence-electron chi connectivity index (χ3n) is 4.69. The summed E-state index contributed by atoms with van der Waals surface area (Å²) in [6.07, 6.45) is 5.95. The van der Waals surface area contributed by atoms with E-state index >= 15 is 0 Å². The maximum absolute atomic E-state index is 12.7. The lowest BCUT2D eigenvalue weighted by Crippen LogP contribution is -2.14. The zero-order chi connectivity index (χ0) is 20.1. The minimum absolute atomic E-state index is 0.0670. The average Bonchev–Trinajstić information content (AvgIpc) is 3.00. The molecule has 2 aromatic heterocycles. The molecule has 28 heavy (non-hydrogen) atoms. The first-order valence-corrected chi connectivity index (χ1v) is 9.15. The summed E-state index contributed by atoms with van der Waals surface area (Å²) in [4.78, 5) is 16.8. The molecule has 0 bridgehead atoms. The Hall–Kier alpha value is -3.65. The monoisotopic (exact) mass is 370 g/mol. The molecule has 1 aromatic carbocycles. The van der Waals surface area contributed by atoms with Crippen molar-refractivity contribution in [3.05, 3.63) is 82.9 Å². The van der Waals surface area contributed by atoms with Crippen LogP contribution in [-0.2, 0) is 11.2 Å². The van der Waals surface area contributed by atoms with Gasteiger partial charge in [-0.2, -0.15) is 5.26 Å². The number of nitrogens with zero attached hydrogens (tertiary/aromatic N) is 3. The van der Waals surface area contributed by atoms with Gasteiger partial charge in [0.25, 0.3) is 5.91 Å². The van der Waals surface area contributed by atoms with Gasteiger partial charge >= 0.3 is 0 Å². The van der Waals surface area contributed by atoms with E-state index < -0.39 is 5.91 Å². The summed E-state index contributed by atoms with van der Waals surface area (Å²) >= 11 is 0. The molecule has 0 unspecified atom stereocenters. The molecule has 0 radical (unpaired) electrons. The smallest absolute Gasteiger partial charge is 0.266 e. The fraction of sp³-hybridized carbons (Fsp3) is 0.174. The van der Waals surface area contributed by atoms with Gasteiger partial charge in [0.05, 0.1) is 11.9 Å². The van der Waals surface area contributed by atoms with Crippen LogP contribution >= 0.6 is 0 Å². The number of nitrogens with one attached hydrogen (secondary N) is 1. The highest BCUT2D eigenvalue weighted by Crippen LogP contribution is 2.23. The Bertz CT molecular complexity index is 1070. The fourth-order valence-corrected chi connectivity index (χ4v) is 3.26. The number of hydrogen-bond donors (Lipinski definition) is 1. The molecule has 0 spiro atoms. The maximum Gasteiger partial charge on any atom is 0.266 e. The SMILES string of the molecule is CCc1ccccc1NC(=O)/C(C#N)=C/c1cc(C)n(-c2cccnc2)c1C. The van der Waals surface area contributed by atoms with Crippen LogP contribution in [0.2, 0.25) is 0 Å². The Kier molecular flexibility index (Phi) is 5.71. The van der Waals surface area contributed by atoms with Crippen molar-refractivity contribution in [1.29, 1.82) is 5.26 Å². The Morgan fingerprint density at radius 3 is 2.71 bits per heavy atom. The average molecular weight is 370 g/mol. The van der Waals surface area contributed by atoms with Gasteiger partial charge in [0.15, 0.2) is 0 Å². The van der Waals surface area contributed by atoms with Gasteiger partial charge in [0.2, 0.25) is 0 Å². The predicted octanol–water partition coefficient (Wildman–Crippen LogP) is 4.60. The molecule has 0 atom stereocenters. The lowest BCUT2D eigenvalue weighted by atomic mass is 10.1. The van der Waals surface area contributed by atoms with Crippen molar-refractivity contribution in [2.24, 2.45) is 0 Å². The first-order chi connectivity index (χ1) is 13.5. The second kappa shape index (κ2) is 8.36. The summed E-state index contributed by atoms with van der Waals surface area (Å²) in [6, 6.07) is 15.5. The number of rotatable bonds is 5. The first-order valence-electron chi connectivity index (χ1n) is 9.15. The third kappa shape index (κ3) is 3.86. The topological polar surface area (TPSA) is 70.7 Å². The van der Waals surface area contributed by atoms with Gasteiger partial charge in [0, 0.05) is 23.3 Å². The van der Waals surface area contributed by atoms with Crippen LogP contribution in [0.25, 0.3) is 11.8 Å². The number of anilines is 1. The Balaban J connectivity index is 1.93. The molecule has 1 amide bonds. The number of aromatic nitrogens is 2. The van der Waals surface area contributed by atoms with Gasteiger partial charge in [-0.1, -0.05) is 25.1 Å². The molecule has 1 N–H and O–H groups in total. The van der Waals surface area contributed by atoms with Crippen LogP contribution < -0.4 is 5.32 Å². The third-order valence-corrected chi connectivity index (χ3v) is 4.69. The number of pyridine rings is 1. The van der Waals surface area contributed by atoms with Crippen molar-refractivity contribution >= 4 is 17.7 Å². The zero-order valence-corrected chi connectivity index (χ0v) is 16.2. The van der Waals surface area contributed by atoms with E-state index in [1.165, 1.54) is 0 Å². The van der Waals surface area contributed by atoms with Gasteiger partial charge in [-0.15, -0.1) is 0 Å². The Morgan fingerprint density at radius 2 is 2.04 bits per heavy atom. The molecular formula is C23H22N4O. The van der Waals surface area contributed by atoms with Crippen LogP contribution in [0.15, 0.2) is 60.4 Å². The van der Waals surface area contributed by atoms with Gasteiger partial charge < -0.3 is 9.88 Å². The molecule has 0 aliphatic carbocycles. The van der Waals surface area contributed by atoms with Crippen molar-refractivity contribution in [3.63, 3.8) is 0 Å². The van der Waals surface area contributed by atoms with Gasteiger partial charge in [-0.3, -0.25) is 9.78 Å². The molecule has 0 aliphatic heterocycles. The van der Waals surface area contributed by atoms with Crippen LogP contribution in [0.4, 0.5) is 5.69 Å². The summed E-state index contributed by atoms with van der Waals surface area (Å²) < 4.78 is 2.05. The minimum Gasteiger partial charge on any atom is -0.321 e. The van der Waals surface area contributed by atoms with Gasteiger partial charge in [0.1, 0.15) is 11.6 Å². The number of hydrogen-bond acceptors (Lipinski definition) is 3. The first kappa shape index (κ1) is 19.1. The number of amides is 1. The predicted molar refractivity (Wildman–Crippen MR) is 111 cm³/mol. The molecule has 5 nitrogen and oxygen atoms in total. The molecule has 0 saturated carbocycles. The molecule has 2 heterocycles. The van der Waals surface area contributed by atoms with E-state index in [0.717, 1.165) is 40.3 Å². The molecular weight excluding hydrogens is 348 g/mol. The molecule has 3 rings (SSSR count). The number of aryl methyl sites for hydroxylation is 2. The molecule has 0 fully saturated rings. The second-order valence-electron chi connectivity index (χ2n) is 6.51. The van der Waals surface area contributed by atoms with Crippen LogP contribution in [0.3, 0.4) is 0 Å². The van der Waals surface area contributed by atoms with Crippen LogP contribution in [0, 0.1) is 25.2 Å². The highest BCUT2D eigenvalue weighted by atomic mass is 16.1. The van der Waals surface area contributed by atoms with E-state index in [9.17, 15) is 10.1 Å². The van der Waals surface area contributed by atoms with Crippen LogP contribution in [0.1, 0.15) is 29.4 Å². The van der Waals surface area contributed by atoms with Crippen molar-refractivity contribution in [1.82, 2.24) is 9.55 Å². The van der Waals surface area contributed by atoms with E-state index in [-0.39, 0.29) is 5.57 Å². The lowest BCUT2D eigenvalue weighted by molar-refractivity contribution is -0.112. The maximum atomic E-state index is 12.7. The van der Waals surface area contributed by atoms with Crippen molar-refractivity contribution in [2.75, 3.05) is 5.32 Å². The molecule has 0 saturated heterocycles. The number of carbonyl (C=O) groups is 1. The highest BCUT2D eigenvalue weighted by molar-refractivity contribution is 6.10. The number of benzene rings is 1. The van der Waals surface area contributed by atoms with E-state index in [1.54, 1.807) is 18.5 Å². The standard InChI is InChI=1S/C23H22N4O/c1-4-18-8-5-6-10-22(18)26-23(28)20(14-24)13-19-12-16(2)27(17(19)3)21-9-7-11-25-15-21/h5-13,15H,4H2,1-3H3,(H,26,28)/b20-13+. The molecule has 140 valence electrons. The number of carbonyl (C=O) groups excluding carboxylic acids is 1. The minimum atomic E-state index is -0.408. The summed E-state index contributed by atoms with van der Waals surface area (Å²) in [6.45, 7) is 5.98. The van der Waals surface area contributed by atoms with E-state index in [1.807, 2.05) is 69.3 Å². The quantitative estimate of drug-likeness (QED) is 0.527. The van der Waals surface area contributed by atoms with E-state index in [0.29, 0.717) is 0 Å². The molecule has 3 aromatic rings. The molecule has 5 heteroatoms. The second-order valence-corrected chi connectivity index (χ2v) is 6.51. The number of para-hydroxylation sites is 1. The van der Waals surface area contributed by atoms with Crippen molar-refractivity contribution in [3.8, 4) is 11.8 Å². The zero-order valence-electron chi connectivity index (χ0n) is 16.2. The normalized spacial score (nSPS) is 11.1.